The lowest BCUT2D eigenvalue weighted by atomic mass is 9.88. The molecule has 0 spiro atoms. The largest absolute Gasteiger partial charge is 0.493 e. The highest BCUT2D eigenvalue weighted by Gasteiger charge is 2.30. The van der Waals surface area contributed by atoms with Gasteiger partial charge in [0.05, 0.1) is 42.7 Å². The van der Waals surface area contributed by atoms with E-state index in [0.29, 0.717) is 23.7 Å². The zero-order valence-electron chi connectivity index (χ0n) is 29.9. The molecule has 0 saturated carbocycles. The molecule has 0 aromatic heterocycles. The van der Waals surface area contributed by atoms with Crippen molar-refractivity contribution in [3.63, 3.8) is 0 Å². The summed E-state index contributed by atoms with van der Waals surface area (Å²) in [6.07, 6.45) is 3.47. The molecule has 0 bridgehead atoms. The SMILES string of the molecule is COc1cc2c(cc1OC)[C@H](Cc1ccc(Oc3c(C[C@H]4c5cc(OC)c(OC)cc5CCN4C)ccc(OC)c3OC)cc1)N(C)CC2. The number of hydrogen-bond donors (Lipinski definition) is 0. The Labute approximate surface area is 290 Å². The zero-order valence-corrected chi connectivity index (χ0v) is 29.9. The Bertz CT molecular complexity index is 1770. The van der Waals surface area contributed by atoms with Gasteiger partial charge in [0.2, 0.25) is 5.75 Å². The Morgan fingerprint density at radius 1 is 0.531 bits per heavy atom. The van der Waals surface area contributed by atoms with Gasteiger partial charge in [-0.05, 0) is 110 Å². The molecule has 4 aromatic rings. The first kappa shape index (κ1) is 34.3. The number of hydrogen-bond acceptors (Lipinski definition) is 9. The van der Waals surface area contributed by atoms with Crippen LogP contribution in [0.3, 0.4) is 0 Å². The second-order valence-electron chi connectivity index (χ2n) is 12.7. The third-order valence-electron chi connectivity index (χ3n) is 10.1. The van der Waals surface area contributed by atoms with E-state index < -0.39 is 0 Å². The monoisotopic (exact) mass is 668 g/mol. The van der Waals surface area contributed by atoms with Crippen molar-refractivity contribution in [1.29, 1.82) is 0 Å². The number of fused-ring (bicyclic) bond motifs is 2. The summed E-state index contributed by atoms with van der Waals surface area (Å²) in [7, 11) is 14.4. The van der Waals surface area contributed by atoms with Gasteiger partial charge < -0.3 is 33.2 Å². The van der Waals surface area contributed by atoms with Crippen LogP contribution in [0.25, 0.3) is 0 Å². The highest BCUT2D eigenvalue weighted by molar-refractivity contribution is 5.58. The molecule has 2 heterocycles. The van der Waals surface area contributed by atoms with Crippen molar-refractivity contribution in [1.82, 2.24) is 9.80 Å². The van der Waals surface area contributed by atoms with Crippen LogP contribution in [0.15, 0.2) is 60.7 Å². The Morgan fingerprint density at radius 3 is 1.51 bits per heavy atom. The molecule has 2 aliphatic rings. The first-order valence-electron chi connectivity index (χ1n) is 16.7. The molecule has 0 amide bonds. The van der Waals surface area contributed by atoms with Crippen LogP contribution in [-0.2, 0) is 25.7 Å². The summed E-state index contributed by atoms with van der Waals surface area (Å²) in [5.41, 5.74) is 7.32. The van der Waals surface area contributed by atoms with Crippen molar-refractivity contribution >= 4 is 0 Å². The van der Waals surface area contributed by atoms with Crippen LogP contribution in [0.1, 0.15) is 45.5 Å². The molecule has 0 saturated heterocycles. The molecule has 9 nitrogen and oxygen atoms in total. The first-order chi connectivity index (χ1) is 23.8. The molecule has 260 valence electrons. The van der Waals surface area contributed by atoms with Crippen molar-refractivity contribution in [2.24, 2.45) is 0 Å². The van der Waals surface area contributed by atoms with Gasteiger partial charge in [0.15, 0.2) is 34.5 Å². The highest BCUT2D eigenvalue weighted by Crippen LogP contribution is 2.46. The third kappa shape index (κ3) is 6.82. The van der Waals surface area contributed by atoms with Crippen LogP contribution in [0.4, 0.5) is 0 Å². The Balaban J connectivity index is 1.28. The number of rotatable bonds is 12. The summed E-state index contributed by atoms with van der Waals surface area (Å²) in [6, 6.07) is 21.2. The van der Waals surface area contributed by atoms with Crippen molar-refractivity contribution in [2.75, 3.05) is 69.8 Å². The fourth-order valence-corrected chi connectivity index (χ4v) is 7.29. The average Bonchev–Trinajstić information content (AvgIpc) is 3.13. The minimum Gasteiger partial charge on any atom is -0.493 e. The molecule has 2 aliphatic heterocycles. The topological polar surface area (TPSA) is 71.1 Å². The molecular weight excluding hydrogens is 620 g/mol. The maximum atomic E-state index is 6.69. The van der Waals surface area contributed by atoms with Crippen LogP contribution < -0.4 is 33.2 Å². The molecular formula is C40H48N2O7. The zero-order chi connectivity index (χ0) is 34.7. The van der Waals surface area contributed by atoms with Crippen molar-refractivity contribution in [3.8, 4) is 46.0 Å². The summed E-state index contributed by atoms with van der Waals surface area (Å²) in [5, 5.41) is 0. The van der Waals surface area contributed by atoms with E-state index in [2.05, 4.69) is 66.4 Å². The van der Waals surface area contributed by atoms with Gasteiger partial charge in [-0.15, -0.1) is 0 Å². The van der Waals surface area contributed by atoms with Gasteiger partial charge >= 0.3 is 0 Å². The van der Waals surface area contributed by atoms with Crippen molar-refractivity contribution in [2.45, 2.75) is 37.8 Å². The normalized spacial score (nSPS) is 17.5. The van der Waals surface area contributed by atoms with Gasteiger partial charge in [-0.25, -0.2) is 0 Å². The number of nitrogens with zero attached hydrogens (tertiary/aromatic N) is 2. The Morgan fingerprint density at radius 2 is 1.02 bits per heavy atom. The maximum absolute atomic E-state index is 6.69. The number of likely N-dealkylation sites (N-methyl/N-ethyl adjacent to an activating group) is 2. The smallest absolute Gasteiger partial charge is 0.204 e. The number of benzene rings is 4. The van der Waals surface area contributed by atoms with E-state index in [1.165, 1.54) is 27.8 Å². The van der Waals surface area contributed by atoms with Crippen LogP contribution >= 0.6 is 0 Å². The van der Waals surface area contributed by atoms with Gasteiger partial charge in [-0.1, -0.05) is 18.2 Å². The lowest BCUT2D eigenvalue weighted by Crippen LogP contribution is -2.33. The van der Waals surface area contributed by atoms with Crippen LogP contribution in [0.2, 0.25) is 0 Å². The van der Waals surface area contributed by atoms with E-state index in [1.807, 2.05) is 18.2 Å². The standard InChI is InChI=1S/C40H48N2O7/c1-41-17-15-26-21-35(44-4)37(46-6)23-30(26)32(41)19-25-9-12-29(13-10-25)49-39-28(11-14-34(43-3)40(39)48-8)20-33-31-24-38(47-7)36(45-5)22-27(31)16-18-42(33)2/h9-14,21-24,32-33H,15-20H2,1-8H3/t32-,33-/m0/s1. The van der Waals surface area contributed by atoms with Gasteiger partial charge in [0, 0.05) is 30.7 Å². The van der Waals surface area contributed by atoms with E-state index in [4.69, 9.17) is 33.2 Å². The molecule has 0 aliphatic carbocycles. The predicted octanol–water partition coefficient (Wildman–Crippen LogP) is 7.07. The fourth-order valence-electron chi connectivity index (χ4n) is 7.29. The summed E-state index contributed by atoms with van der Waals surface area (Å²) >= 11 is 0. The summed E-state index contributed by atoms with van der Waals surface area (Å²) in [5.74, 6) is 5.58. The second kappa shape index (κ2) is 14.9. The quantitative estimate of drug-likeness (QED) is 0.158. The molecule has 2 atom stereocenters. The van der Waals surface area contributed by atoms with Gasteiger partial charge in [-0.2, -0.15) is 0 Å². The maximum Gasteiger partial charge on any atom is 0.204 e. The van der Waals surface area contributed by atoms with Crippen molar-refractivity contribution in [3.05, 3.63) is 94.0 Å². The van der Waals surface area contributed by atoms with Crippen LogP contribution in [0, 0.1) is 0 Å². The Hall–Kier alpha value is -4.60. The van der Waals surface area contributed by atoms with E-state index in [-0.39, 0.29) is 12.1 Å². The summed E-state index contributed by atoms with van der Waals surface area (Å²) in [6.45, 7) is 1.91. The molecule has 9 heteroatoms. The molecule has 0 radical (unpaired) electrons. The lowest BCUT2D eigenvalue weighted by Gasteiger charge is -2.35. The Kier molecular flexibility index (Phi) is 10.4. The number of ether oxygens (including phenoxy) is 7. The molecule has 49 heavy (non-hydrogen) atoms. The van der Waals surface area contributed by atoms with Gasteiger partial charge in [0.25, 0.3) is 0 Å². The molecule has 0 N–H and O–H groups in total. The first-order valence-corrected chi connectivity index (χ1v) is 16.7. The summed E-state index contributed by atoms with van der Waals surface area (Å²) < 4.78 is 40.8. The molecule has 0 unspecified atom stereocenters. The van der Waals surface area contributed by atoms with E-state index in [1.54, 1.807) is 42.7 Å². The lowest BCUT2D eigenvalue weighted by molar-refractivity contribution is 0.226. The van der Waals surface area contributed by atoms with Crippen molar-refractivity contribution < 1.29 is 33.2 Å². The minimum absolute atomic E-state index is 0.0975. The average molecular weight is 669 g/mol. The van der Waals surface area contributed by atoms with Gasteiger partial charge in [0.1, 0.15) is 5.75 Å². The second-order valence-corrected chi connectivity index (χ2v) is 12.7. The third-order valence-corrected chi connectivity index (χ3v) is 10.1. The van der Waals surface area contributed by atoms with Crippen LogP contribution in [0.5, 0.6) is 46.0 Å². The molecule has 0 fully saturated rings. The van der Waals surface area contributed by atoms with Gasteiger partial charge in [-0.3, -0.25) is 9.80 Å². The summed E-state index contributed by atoms with van der Waals surface area (Å²) in [4.78, 5) is 4.80. The predicted molar refractivity (Wildman–Crippen MR) is 191 cm³/mol. The molecule has 6 rings (SSSR count). The molecule has 4 aromatic carbocycles. The van der Waals surface area contributed by atoms with E-state index >= 15 is 0 Å². The van der Waals surface area contributed by atoms with E-state index in [9.17, 15) is 0 Å². The fraction of sp³-hybridized carbons (Fsp3) is 0.400. The highest BCUT2D eigenvalue weighted by atomic mass is 16.5. The number of methoxy groups -OCH3 is 6. The van der Waals surface area contributed by atoms with Crippen LogP contribution in [-0.4, -0.2) is 79.6 Å². The van der Waals surface area contributed by atoms with E-state index in [0.717, 1.165) is 66.7 Å². The minimum atomic E-state index is 0.0975.